The molecule has 0 amide bonds. The Labute approximate surface area is 253 Å². The van der Waals surface area contributed by atoms with Gasteiger partial charge in [-0.1, -0.05) is 6.07 Å². The van der Waals surface area contributed by atoms with E-state index in [1.807, 2.05) is 26.0 Å². The number of anilines is 1. The van der Waals surface area contributed by atoms with Gasteiger partial charge in [-0.25, -0.2) is 4.79 Å². The van der Waals surface area contributed by atoms with Crippen LogP contribution in [-0.2, 0) is 60.2 Å². The predicted molar refractivity (Wildman–Crippen MR) is 152 cm³/mol. The lowest BCUT2D eigenvalue weighted by atomic mass is 9.90. The summed E-state index contributed by atoms with van der Waals surface area (Å²) in [6.45, 7) is 6.97. The molecule has 0 N–H and O–H groups in total. The van der Waals surface area contributed by atoms with E-state index in [4.69, 9.17) is 40.6 Å². The smallest absolute Gasteiger partial charge is 0.339 e. The van der Waals surface area contributed by atoms with Crippen molar-refractivity contribution in [2.75, 3.05) is 12.0 Å². The number of carbonyl (C=O) groups excluding carboxylic acids is 4. The van der Waals surface area contributed by atoms with Crippen LogP contribution in [0.25, 0.3) is 11.3 Å². The average molecular weight is 614 g/mol. The number of esters is 4. The second-order valence-corrected chi connectivity index (χ2v) is 10.8. The third kappa shape index (κ3) is 6.04. The van der Waals surface area contributed by atoms with Crippen molar-refractivity contribution in [1.29, 1.82) is 5.26 Å². The first-order valence-electron chi connectivity index (χ1n) is 13.2. The predicted octanol–water partition coefficient (Wildman–Crippen LogP) is 2.61. The van der Waals surface area contributed by atoms with Gasteiger partial charge < -0.3 is 33.0 Å². The van der Waals surface area contributed by atoms with E-state index in [9.17, 15) is 24.4 Å². The maximum absolute atomic E-state index is 12.9. The fourth-order valence-electron chi connectivity index (χ4n) is 5.27. The van der Waals surface area contributed by atoms with Crippen molar-refractivity contribution >= 4 is 47.0 Å². The molecule has 3 heterocycles. The molecule has 0 aliphatic carbocycles. The molecule has 4 rings (SSSR count). The highest BCUT2D eigenvalue weighted by Gasteiger charge is 2.58. The SMILES string of the molecule is COC(=O)[C@H]1O[C@@H](N2C(=S)OC(C)(C)c3cc(-c4ccc(C#N)n4C)ccc32)[C@H](OC(C)=O)[C@@H](OC(C)=O)[C@@H]1OC(C)=O. The Balaban J connectivity index is 1.90. The second kappa shape index (κ2) is 12.0. The topological polar surface area (TPSA) is 156 Å². The van der Waals surface area contributed by atoms with E-state index in [-0.39, 0.29) is 5.17 Å². The largest absolute Gasteiger partial charge is 0.467 e. The first-order chi connectivity index (χ1) is 20.2. The molecule has 2 aliphatic rings. The van der Waals surface area contributed by atoms with Crippen molar-refractivity contribution in [2.24, 2.45) is 7.05 Å². The maximum Gasteiger partial charge on any atom is 0.339 e. The van der Waals surface area contributed by atoms with Gasteiger partial charge in [0.15, 0.2) is 30.6 Å². The van der Waals surface area contributed by atoms with E-state index in [1.165, 1.54) is 4.90 Å². The summed E-state index contributed by atoms with van der Waals surface area (Å²) in [5.74, 6) is -3.32. The van der Waals surface area contributed by atoms with E-state index >= 15 is 0 Å². The molecule has 2 aromatic rings. The minimum Gasteiger partial charge on any atom is -0.467 e. The normalized spacial score (nSPS) is 24.1. The van der Waals surface area contributed by atoms with Gasteiger partial charge in [-0.15, -0.1) is 0 Å². The van der Waals surface area contributed by atoms with E-state index in [1.54, 1.807) is 29.8 Å². The highest BCUT2D eigenvalue weighted by Crippen LogP contribution is 2.44. The molecule has 1 saturated heterocycles. The summed E-state index contributed by atoms with van der Waals surface area (Å²) in [5.41, 5.74) is 2.19. The molecule has 0 bridgehead atoms. The Kier molecular flexibility index (Phi) is 8.79. The van der Waals surface area contributed by atoms with Crippen LogP contribution in [0.3, 0.4) is 0 Å². The van der Waals surface area contributed by atoms with Gasteiger partial charge in [-0.3, -0.25) is 19.3 Å². The Morgan fingerprint density at radius 3 is 2.12 bits per heavy atom. The van der Waals surface area contributed by atoms with Gasteiger partial charge in [-0.05, 0) is 55.9 Å². The van der Waals surface area contributed by atoms with Crippen molar-refractivity contribution < 1.29 is 47.6 Å². The number of carbonyl (C=O) groups is 4. The van der Waals surface area contributed by atoms with Crippen LogP contribution in [0.5, 0.6) is 0 Å². The molecule has 13 nitrogen and oxygen atoms in total. The third-order valence-corrected chi connectivity index (χ3v) is 7.36. The van der Waals surface area contributed by atoms with Gasteiger partial charge >= 0.3 is 23.9 Å². The number of thiocarbonyl (C=S) groups is 1. The summed E-state index contributed by atoms with van der Waals surface area (Å²) >= 11 is 5.66. The standard InChI is InChI=1S/C29H31N3O10S/c1-14(33)38-22-23(39-15(2)34)25(27(36)37-7)41-26(24(22)40-16(3)35)32-21-10-8-17(20-11-9-18(13-30)31(20)6)12-19(21)29(4,5)42-28(32)43/h8-12,22-26H,1-7H3/t22-,23-,24+,25-,26+/m0/s1. The highest BCUT2D eigenvalue weighted by atomic mass is 32.1. The van der Waals surface area contributed by atoms with Gasteiger partial charge in [0.2, 0.25) is 0 Å². The Morgan fingerprint density at radius 2 is 1.56 bits per heavy atom. The number of nitriles is 1. The van der Waals surface area contributed by atoms with E-state index in [2.05, 4.69) is 6.07 Å². The van der Waals surface area contributed by atoms with Crippen LogP contribution in [0, 0.1) is 11.3 Å². The quantitative estimate of drug-likeness (QED) is 0.266. The lowest BCUT2D eigenvalue weighted by molar-refractivity contribution is -0.247. The van der Waals surface area contributed by atoms with Crippen LogP contribution in [-0.4, -0.2) is 71.4 Å². The van der Waals surface area contributed by atoms with Gasteiger partial charge in [0, 0.05) is 39.1 Å². The number of fused-ring (bicyclic) bond motifs is 1. The van der Waals surface area contributed by atoms with Crippen molar-refractivity contribution in [3.8, 4) is 17.3 Å². The zero-order valence-corrected chi connectivity index (χ0v) is 25.4. The summed E-state index contributed by atoms with van der Waals surface area (Å²) in [6.07, 6.45) is -7.49. The van der Waals surface area contributed by atoms with E-state index in [0.29, 0.717) is 16.9 Å². The lowest BCUT2D eigenvalue weighted by Gasteiger charge is -2.50. The molecule has 43 heavy (non-hydrogen) atoms. The van der Waals surface area contributed by atoms with Gasteiger partial charge in [-0.2, -0.15) is 5.26 Å². The van der Waals surface area contributed by atoms with Crippen LogP contribution in [0.4, 0.5) is 5.69 Å². The molecule has 14 heteroatoms. The first-order valence-corrected chi connectivity index (χ1v) is 13.6. The minimum absolute atomic E-state index is 0.0887. The number of hydrogen-bond acceptors (Lipinski definition) is 12. The molecule has 1 aromatic heterocycles. The second-order valence-electron chi connectivity index (χ2n) is 10.4. The molecule has 228 valence electrons. The van der Waals surface area contributed by atoms with Crippen molar-refractivity contribution in [3.63, 3.8) is 0 Å². The van der Waals surface area contributed by atoms with Gasteiger partial charge in [0.05, 0.1) is 12.8 Å². The molecule has 1 fully saturated rings. The van der Waals surface area contributed by atoms with Crippen LogP contribution >= 0.6 is 12.2 Å². The zero-order valence-electron chi connectivity index (χ0n) is 24.6. The van der Waals surface area contributed by atoms with Crippen molar-refractivity contribution in [1.82, 2.24) is 4.57 Å². The fraction of sp³-hybridized carbons (Fsp3) is 0.448. The summed E-state index contributed by atoms with van der Waals surface area (Å²) in [7, 11) is 2.89. The Bertz CT molecular complexity index is 1530. The molecule has 0 saturated carbocycles. The number of rotatable bonds is 6. The molecule has 0 spiro atoms. The monoisotopic (exact) mass is 613 g/mol. The van der Waals surface area contributed by atoms with Crippen LogP contribution < -0.4 is 4.90 Å². The molecule has 0 radical (unpaired) electrons. The fourth-order valence-corrected chi connectivity index (χ4v) is 5.68. The number of aromatic nitrogens is 1. The molecular formula is C29H31N3O10S. The number of ether oxygens (including phenoxy) is 6. The van der Waals surface area contributed by atoms with Crippen molar-refractivity contribution in [3.05, 3.63) is 41.6 Å². The summed E-state index contributed by atoms with van der Waals surface area (Å²) < 4.78 is 35.5. The summed E-state index contributed by atoms with van der Waals surface area (Å²) in [5, 5.41) is 9.33. The van der Waals surface area contributed by atoms with Crippen LogP contribution in [0.1, 0.15) is 45.9 Å². The van der Waals surface area contributed by atoms with Gasteiger partial charge in [0.25, 0.3) is 5.17 Å². The molecule has 1 aromatic carbocycles. The minimum atomic E-state index is -1.61. The highest BCUT2D eigenvalue weighted by molar-refractivity contribution is 7.80. The van der Waals surface area contributed by atoms with E-state index in [0.717, 1.165) is 39.1 Å². The molecule has 2 aliphatic heterocycles. The van der Waals surface area contributed by atoms with E-state index < -0.39 is 60.1 Å². The number of benzene rings is 1. The number of methoxy groups -OCH3 is 1. The first kappa shape index (κ1) is 31.5. The average Bonchev–Trinajstić information content (AvgIpc) is 3.29. The molecule has 5 atom stereocenters. The van der Waals surface area contributed by atoms with Gasteiger partial charge in [0.1, 0.15) is 17.4 Å². The zero-order chi connectivity index (χ0) is 31.8. The van der Waals surface area contributed by atoms with Crippen LogP contribution in [0.15, 0.2) is 30.3 Å². The maximum atomic E-state index is 12.9. The number of nitrogens with zero attached hydrogens (tertiary/aromatic N) is 3. The third-order valence-electron chi connectivity index (χ3n) is 7.08. The van der Waals surface area contributed by atoms with Crippen molar-refractivity contribution in [2.45, 2.75) is 70.9 Å². The van der Waals surface area contributed by atoms with Crippen LogP contribution in [0.2, 0.25) is 0 Å². The molecule has 0 unspecified atom stereocenters. The molecular weight excluding hydrogens is 582 g/mol. The summed E-state index contributed by atoms with van der Waals surface area (Å²) in [4.78, 5) is 51.0. The Morgan fingerprint density at radius 1 is 0.953 bits per heavy atom. The number of hydrogen-bond donors (Lipinski definition) is 0. The summed E-state index contributed by atoms with van der Waals surface area (Å²) in [6, 6.07) is 11.1. The lowest BCUT2D eigenvalue weighted by Crippen LogP contribution is -2.68. The Hall–Kier alpha value is -4.48.